The summed E-state index contributed by atoms with van der Waals surface area (Å²) < 4.78 is 19.0. The average molecular weight is 340 g/mol. The van der Waals surface area contributed by atoms with E-state index in [-0.39, 0.29) is 23.9 Å². The van der Waals surface area contributed by atoms with Crippen molar-refractivity contribution in [1.82, 2.24) is 4.90 Å². The van der Waals surface area contributed by atoms with Crippen LogP contribution in [-0.2, 0) is 16.0 Å². The molecule has 3 atom stereocenters. The Balaban J connectivity index is 1.68. The Labute approximate surface area is 146 Å². The molecule has 5 heteroatoms. The van der Waals surface area contributed by atoms with Crippen LogP contribution in [0.3, 0.4) is 0 Å². The minimum Gasteiger partial charge on any atom is -0.364 e. The van der Waals surface area contributed by atoms with E-state index in [1.807, 2.05) is 23.1 Å². The summed E-state index contributed by atoms with van der Waals surface area (Å²) in [4.78, 5) is 14.9. The third-order valence-corrected chi connectivity index (χ3v) is 5.12. The van der Waals surface area contributed by atoms with Crippen LogP contribution in [0.1, 0.15) is 29.2 Å². The lowest BCUT2D eigenvalue weighted by molar-refractivity contribution is -0.172. The summed E-state index contributed by atoms with van der Waals surface area (Å²) in [6.07, 6.45) is 1.05. The maximum absolute atomic E-state index is 13.4. The van der Waals surface area contributed by atoms with E-state index in [0.717, 1.165) is 17.5 Å². The van der Waals surface area contributed by atoms with Gasteiger partial charge in [-0.3, -0.25) is 4.79 Å². The first-order valence-electron chi connectivity index (χ1n) is 8.66. The Morgan fingerprint density at radius 2 is 1.92 bits per heavy atom. The number of hydrogen-bond acceptors (Lipinski definition) is 3. The zero-order valence-corrected chi connectivity index (χ0v) is 13.9. The van der Waals surface area contributed by atoms with Crippen LogP contribution in [0, 0.1) is 5.82 Å². The van der Waals surface area contributed by atoms with Gasteiger partial charge in [0.05, 0.1) is 12.1 Å². The first kappa shape index (κ1) is 16.2. The van der Waals surface area contributed by atoms with Gasteiger partial charge in [0, 0.05) is 19.5 Å². The molecule has 4 rings (SSSR count). The molecule has 1 amide bonds. The molecule has 1 saturated heterocycles. The van der Waals surface area contributed by atoms with Crippen molar-refractivity contribution in [2.75, 3.05) is 13.1 Å². The Bertz CT molecular complexity index is 772. The summed E-state index contributed by atoms with van der Waals surface area (Å²) in [6, 6.07) is 14.3. The number of amides is 1. The number of nitrogens with two attached hydrogens (primary N) is 1. The Morgan fingerprint density at radius 1 is 1.20 bits per heavy atom. The number of fused-ring (bicyclic) bond motifs is 1. The number of ether oxygens (including phenoxy) is 1. The molecule has 2 aliphatic heterocycles. The second-order valence-corrected chi connectivity index (χ2v) is 6.65. The normalized spacial score (nSPS) is 25.2. The van der Waals surface area contributed by atoms with Crippen LogP contribution in [-0.4, -0.2) is 36.1 Å². The highest BCUT2D eigenvalue weighted by Crippen LogP contribution is 2.37. The number of nitrogens with zero attached hydrogens (tertiary/aromatic N) is 1. The quantitative estimate of drug-likeness (QED) is 0.934. The van der Waals surface area contributed by atoms with Gasteiger partial charge in [-0.2, -0.15) is 0 Å². The second-order valence-electron chi connectivity index (χ2n) is 6.65. The Morgan fingerprint density at radius 3 is 2.64 bits per heavy atom. The van der Waals surface area contributed by atoms with Gasteiger partial charge < -0.3 is 15.4 Å². The van der Waals surface area contributed by atoms with Crippen molar-refractivity contribution in [2.24, 2.45) is 5.73 Å². The van der Waals surface area contributed by atoms with E-state index in [2.05, 4.69) is 6.07 Å². The molecule has 4 nitrogen and oxygen atoms in total. The van der Waals surface area contributed by atoms with E-state index in [4.69, 9.17) is 10.5 Å². The van der Waals surface area contributed by atoms with E-state index in [1.54, 1.807) is 12.1 Å². The van der Waals surface area contributed by atoms with Gasteiger partial charge in [0.15, 0.2) is 0 Å². The fourth-order valence-electron chi connectivity index (χ4n) is 3.76. The van der Waals surface area contributed by atoms with Gasteiger partial charge in [-0.15, -0.1) is 0 Å². The van der Waals surface area contributed by atoms with Gasteiger partial charge in [0.25, 0.3) is 5.91 Å². The summed E-state index contributed by atoms with van der Waals surface area (Å²) >= 11 is 0. The van der Waals surface area contributed by atoms with Crippen molar-refractivity contribution in [3.05, 3.63) is 71.0 Å². The molecule has 2 aliphatic rings. The number of benzene rings is 2. The largest absolute Gasteiger partial charge is 0.364 e. The third kappa shape index (κ3) is 2.94. The summed E-state index contributed by atoms with van der Waals surface area (Å²) in [5.41, 5.74) is 8.83. The van der Waals surface area contributed by atoms with Crippen molar-refractivity contribution in [1.29, 1.82) is 0 Å². The summed E-state index contributed by atoms with van der Waals surface area (Å²) in [7, 11) is 0. The first-order chi connectivity index (χ1) is 12.2. The monoisotopic (exact) mass is 340 g/mol. The van der Waals surface area contributed by atoms with E-state index >= 15 is 0 Å². The van der Waals surface area contributed by atoms with Crippen LogP contribution < -0.4 is 5.73 Å². The van der Waals surface area contributed by atoms with Gasteiger partial charge in [-0.05, 0) is 35.2 Å². The lowest BCUT2D eigenvalue weighted by Gasteiger charge is -2.43. The van der Waals surface area contributed by atoms with E-state index in [9.17, 15) is 9.18 Å². The highest BCUT2D eigenvalue weighted by atomic mass is 19.1. The topological polar surface area (TPSA) is 55.6 Å². The van der Waals surface area contributed by atoms with Crippen molar-refractivity contribution < 1.29 is 13.9 Å². The lowest BCUT2D eigenvalue weighted by Crippen LogP contribution is -2.54. The molecule has 0 radical (unpaired) electrons. The lowest BCUT2D eigenvalue weighted by atomic mass is 9.87. The average Bonchev–Trinajstić information content (AvgIpc) is 2.60. The van der Waals surface area contributed by atoms with Crippen LogP contribution in [0.5, 0.6) is 0 Å². The zero-order chi connectivity index (χ0) is 17.4. The molecule has 0 spiro atoms. The molecule has 0 bridgehead atoms. The molecule has 2 aromatic carbocycles. The minimum absolute atomic E-state index is 0.00599. The van der Waals surface area contributed by atoms with Crippen molar-refractivity contribution in [2.45, 2.75) is 31.1 Å². The summed E-state index contributed by atoms with van der Waals surface area (Å²) in [5, 5.41) is 0. The maximum atomic E-state index is 13.4. The minimum atomic E-state index is -0.415. The van der Waals surface area contributed by atoms with Gasteiger partial charge >= 0.3 is 0 Å². The highest BCUT2D eigenvalue weighted by Gasteiger charge is 2.41. The van der Waals surface area contributed by atoms with Crippen LogP contribution >= 0.6 is 0 Å². The SMILES string of the molecule is NC[C@@H]1C[C@@H](C(=O)N2CCc3ccccc3[C@@H]2c2ccc(F)cc2)O1. The summed E-state index contributed by atoms with van der Waals surface area (Å²) in [6.45, 7) is 1.07. The number of rotatable bonds is 3. The van der Waals surface area contributed by atoms with E-state index < -0.39 is 6.10 Å². The van der Waals surface area contributed by atoms with Crippen LogP contribution in [0.4, 0.5) is 4.39 Å². The van der Waals surface area contributed by atoms with Gasteiger partial charge in [0.2, 0.25) is 0 Å². The fourth-order valence-corrected chi connectivity index (χ4v) is 3.76. The number of carbonyl (C=O) groups excluding carboxylic acids is 1. The van der Waals surface area contributed by atoms with Crippen molar-refractivity contribution in [3.8, 4) is 0 Å². The van der Waals surface area contributed by atoms with E-state index in [1.165, 1.54) is 17.7 Å². The molecule has 0 saturated carbocycles. The zero-order valence-electron chi connectivity index (χ0n) is 13.9. The molecule has 1 fully saturated rings. The number of carbonyl (C=O) groups is 1. The molecule has 2 aromatic rings. The predicted molar refractivity (Wildman–Crippen MR) is 92.4 cm³/mol. The molecule has 0 aliphatic carbocycles. The molecule has 0 aromatic heterocycles. The Kier molecular flexibility index (Phi) is 4.27. The molecule has 2 N–H and O–H groups in total. The maximum Gasteiger partial charge on any atom is 0.252 e. The van der Waals surface area contributed by atoms with E-state index in [0.29, 0.717) is 19.5 Å². The molecular formula is C20H21FN2O2. The Hall–Kier alpha value is -2.24. The number of hydrogen-bond donors (Lipinski definition) is 1. The van der Waals surface area contributed by atoms with Crippen LogP contribution in [0.15, 0.2) is 48.5 Å². The molecule has 130 valence electrons. The van der Waals surface area contributed by atoms with Gasteiger partial charge in [0.1, 0.15) is 11.9 Å². The molecule has 25 heavy (non-hydrogen) atoms. The van der Waals surface area contributed by atoms with Crippen molar-refractivity contribution in [3.63, 3.8) is 0 Å². The summed E-state index contributed by atoms with van der Waals surface area (Å²) in [5.74, 6) is -0.285. The first-order valence-corrected chi connectivity index (χ1v) is 8.66. The van der Waals surface area contributed by atoms with Crippen LogP contribution in [0.2, 0.25) is 0 Å². The third-order valence-electron chi connectivity index (χ3n) is 5.12. The van der Waals surface area contributed by atoms with Crippen molar-refractivity contribution >= 4 is 5.91 Å². The standard InChI is InChI=1S/C20H21FN2O2/c21-15-7-5-14(6-8-15)19-17-4-2-1-3-13(17)9-10-23(19)20(24)18-11-16(12-22)25-18/h1-8,16,18-19H,9-12,22H2/t16-,18-,19-/m0/s1. The molecule has 0 unspecified atom stereocenters. The second kappa shape index (κ2) is 6.58. The predicted octanol–water partition coefficient (Wildman–Crippen LogP) is 2.42. The fraction of sp³-hybridized carbons (Fsp3) is 0.350. The van der Waals surface area contributed by atoms with Gasteiger partial charge in [-0.25, -0.2) is 4.39 Å². The molecular weight excluding hydrogens is 319 g/mol. The van der Waals surface area contributed by atoms with Crippen LogP contribution in [0.25, 0.3) is 0 Å². The molecule has 2 heterocycles. The number of halogens is 1. The van der Waals surface area contributed by atoms with Gasteiger partial charge in [-0.1, -0.05) is 36.4 Å². The highest BCUT2D eigenvalue weighted by molar-refractivity contribution is 5.83. The smallest absolute Gasteiger partial charge is 0.252 e.